The molecular formula is C22H27KN4O3S. The molecule has 0 saturated heterocycles. The number of sulfonamides is 1. The van der Waals surface area contributed by atoms with Crippen LogP contribution in [0.3, 0.4) is 0 Å². The Bertz CT molecular complexity index is 1210. The third kappa shape index (κ3) is 6.18. The number of amides is 1. The smallest absolute Gasteiger partial charge is 0.542 e. The molecule has 1 amide bonds. The van der Waals surface area contributed by atoms with Gasteiger partial charge in [-0.1, -0.05) is 31.9 Å². The Morgan fingerprint density at radius 1 is 1.19 bits per heavy atom. The van der Waals surface area contributed by atoms with E-state index in [0.717, 1.165) is 40.8 Å². The van der Waals surface area contributed by atoms with E-state index in [0.29, 0.717) is 6.42 Å². The molecule has 3 rings (SSSR count). The van der Waals surface area contributed by atoms with Gasteiger partial charge in [0, 0.05) is 29.9 Å². The van der Waals surface area contributed by atoms with Crippen LogP contribution < -0.4 is 51.4 Å². The number of carbonyl (C=O) groups excluding carboxylic acids is 1. The van der Waals surface area contributed by atoms with Crippen LogP contribution in [-0.2, 0) is 21.9 Å². The maximum Gasteiger partial charge on any atom is 1.00 e. The number of fused-ring (bicyclic) bond motifs is 1. The molecule has 0 saturated carbocycles. The molecule has 7 nitrogen and oxygen atoms in total. The van der Waals surface area contributed by atoms with Crippen molar-refractivity contribution in [3.05, 3.63) is 58.1 Å². The Kier molecular flexibility index (Phi) is 9.29. The Labute approximate surface area is 226 Å². The second-order valence-electron chi connectivity index (χ2n) is 7.40. The second kappa shape index (κ2) is 11.1. The molecule has 0 aliphatic heterocycles. The van der Waals surface area contributed by atoms with Gasteiger partial charge in [0.25, 0.3) is 0 Å². The van der Waals surface area contributed by atoms with E-state index in [-0.39, 0.29) is 57.1 Å². The fourth-order valence-corrected chi connectivity index (χ4v) is 4.55. The van der Waals surface area contributed by atoms with Gasteiger partial charge in [-0.3, -0.25) is 4.68 Å². The third-order valence-corrected chi connectivity index (χ3v) is 6.31. The summed E-state index contributed by atoms with van der Waals surface area (Å²) in [6, 6.07) is 8.13. The summed E-state index contributed by atoms with van der Waals surface area (Å²) in [6.45, 7) is 5.90. The van der Waals surface area contributed by atoms with E-state index in [1.807, 2.05) is 49.9 Å². The number of hydrogen-bond acceptors (Lipinski definition) is 4. The summed E-state index contributed by atoms with van der Waals surface area (Å²) in [5, 5.41) is 5.62. The number of benzene rings is 1. The number of rotatable bonds is 8. The van der Waals surface area contributed by atoms with E-state index in [9.17, 15) is 13.2 Å². The molecule has 0 aliphatic carbocycles. The predicted molar refractivity (Wildman–Crippen MR) is 120 cm³/mol. The van der Waals surface area contributed by atoms with Gasteiger partial charge >= 0.3 is 51.4 Å². The van der Waals surface area contributed by atoms with E-state index in [1.54, 1.807) is 10.8 Å². The second-order valence-corrected chi connectivity index (χ2v) is 9.15. The molecule has 0 radical (unpaired) electrons. The minimum absolute atomic E-state index is 0. The van der Waals surface area contributed by atoms with E-state index < -0.39 is 15.9 Å². The SMILES string of the molecule is CCCCCS(=O)(=O)[N-]C(=O)/C=C/c1c(C)nn(C)c1-n1ccc2c(C)cccc21.[K+]. The van der Waals surface area contributed by atoms with Crippen molar-refractivity contribution in [1.29, 1.82) is 0 Å². The summed E-state index contributed by atoms with van der Waals surface area (Å²) in [5.74, 6) is -0.0939. The molecule has 3 aromatic rings. The van der Waals surface area contributed by atoms with Gasteiger partial charge in [0.2, 0.25) is 0 Å². The monoisotopic (exact) mass is 466 g/mol. The maximum absolute atomic E-state index is 12.2. The summed E-state index contributed by atoms with van der Waals surface area (Å²) < 4.78 is 31.1. The summed E-state index contributed by atoms with van der Waals surface area (Å²) in [6.07, 6.45) is 6.96. The van der Waals surface area contributed by atoms with Crippen LogP contribution in [0.5, 0.6) is 0 Å². The van der Waals surface area contributed by atoms with Crippen molar-refractivity contribution in [3.8, 4) is 5.82 Å². The quantitative estimate of drug-likeness (QED) is 0.285. The first-order valence-electron chi connectivity index (χ1n) is 10.0. The standard InChI is InChI=1S/C22H28N4O3S.K/c1-5-6-7-15-30(28,29)24-21(27)12-11-19-17(3)23-25(4)22(19)26-14-13-18-16(2)9-8-10-20(18)26;/h8-14H,5-7,15H2,1-4H3,(H,24,27);/q;+1/p-1/b12-11+;. The fourth-order valence-electron chi connectivity index (χ4n) is 3.55. The van der Waals surface area contributed by atoms with Crippen molar-refractivity contribution in [1.82, 2.24) is 14.3 Å². The van der Waals surface area contributed by atoms with Crippen molar-refractivity contribution in [3.63, 3.8) is 0 Å². The van der Waals surface area contributed by atoms with Gasteiger partial charge in [0.1, 0.15) is 5.82 Å². The van der Waals surface area contributed by atoms with E-state index in [2.05, 4.69) is 22.8 Å². The van der Waals surface area contributed by atoms with Gasteiger partial charge in [-0.05, 0) is 50.1 Å². The van der Waals surface area contributed by atoms with Gasteiger partial charge in [-0.2, -0.15) is 5.10 Å². The summed E-state index contributed by atoms with van der Waals surface area (Å²) in [5.41, 5.74) is 3.67. The molecule has 0 atom stereocenters. The van der Waals surface area contributed by atoms with E-state index in [1.165, 1.54) is 11.6 Å². The van der Waals surface area contributed by atoms with Crippen LogP contribution in [0.1, 0.15) is 43.0 Å². The molecule has 0 spiro atoms. The molecule has 0 N–H and O–H groups in total. The first-order chi connectivity index (χ1) is 14.2. The van der Waals surface area contributed by atoms with Crippen LogP contribution >= 0.6 is 0 Å². The molecule has 0 fully saturated rings. The van der Waals surface area contributed by atoms with Crippen LogP contribution in [0.2, 0.25) is 0 Å². The van der Waals surface area contributed by atoms with Crippen molar-refractivity contribution in [2.45, 2.75) is 40.0 Å². The van der Waals surface area contributed by atoms with Gasteiger partial charge in [-0.25, -0.2) is 8.42 Å². The zero-order chi connectivity index (χ0) is 21.9. The van der Waals surface area contributed by atoms with E-state index in [4.69, 9.17) is 0 Å². The molecule has 9 heteroatoms. The zero-order valence-corrected chi connectivity index (χ0v) is 22.7. The van der Waals surface area contributed by atoms with Gasteiger partial charge in [0.15, 0.2) is 0 Å². The summed E-state index contributed by atoms with van der Waals surface area (Å²) in [7, 11) is -1.91. The zero-order valence-electron chi connectivity index (χ0n) is 18.8. The van der Waals surface area contributed by atoms with Crippen LogP contribution in [0.25, 0.3) is 27.5 Å². The van der Waals surface area contributed by atoms with Gasteiger partial charge in [0.05, 0.1) is 27.1 Å². The first kappa shape index (κ1) is 26.0. The average Bonchev–Trinajstić information content (AvgIpc) is 3.20. The van der Waals surface area contributed by atoms with Crippen LogP contribution in [0.15, 0.2) is 36.5 Å². The number of hydrogen-bond donors (Lipinski definition) is 0. The number of aryl methyl sites for hydroxylation is 3. The molecular weight excluding hydrogens is 439 g/mol. The van der Waals surface area contributed by atoms with Crippen molar-refractivity contribution < 1.29 is 64.6 Å². The fraction of sp³-hybridized carbons (Fsp3) is 0.364. The molecule has 31 heavy (non-hydrogen) atoms. The number of unbranched alkanes of at least 4 members (excludes halogenated alkanes) is 2. The molecule has 1 aromatic carbocycles. The normalized spacial score (nSPS) is 11.7. The predicted octanol–water partition coefficient (Wildman–Crippen LogP) is 1.42. The first-order valence-corrected chi connectivity index (χ1v) is 11.6. The molecule has 0 unspecified atom stereocenters. The Balaban J connectivity index is 0.00000341. The minimum Gasteiger partial charge on any atom is -0.542 e. The Morgan fingerprint density at radius 2 is 1.94 bits per heavy atom. The number of aromatic nitrogens is 3. The van der Waals surface area contributed by atoms with Crippen LogP contribution in [0, 0.1) is 13.8 Å². The topological polar surface area (TPSA) is 88.1 Å². The molecule has 2 aromatic heterocycles. The Morgan fingerprint density at radius 3 is 2.65 bits per heavy atom. The van der Waals surface area contributed by atoms with Crippen LogP contribution in [0.4, 0.5) is 0 Å². The summed E-state index contributed by atoms with van der Waals surface area (Å²) in [4.78, 5) is 12.2. The van der Waals surface area contributed by atoms with E-state index >= 15 is 0 Å². The number of nitrogens with zero attached hydrogens (tertiary/aromatic N) is 4. The van der Waals surface area contributed by atoms with Gasteiger partial charge in [-0.15, -0.1) is 0 Å². The molecule has 160 valence electrons. The van der Waals surface area contributed by atoms with Crippen LogP contribution in [-0.4, -0.2) is 34.4 Å². The largest absolute Gasteiger partial charge is 1.00 e. The minimum atomic E-state index is -3.75. The molecule has 0 aliphatic rings. The average molecular weight is 467 g/mol. The molecule has 0 bridgehead atoms. The van der Waals surface area contributed by atoms with Crippen molar-refractivity contribution >= 4 is 32.9 Å². The summed E-state index contributed by atoms with van der Waals surface area (Å²) >= 11 is 0. The van der Waals surface area contributed by atoms with Gasteiger partial charge < -0.3 is 14.1 Å². The Hall–Kier alpha value is -1.23. The van der Waals surface area contributed by atoms with Crippen molar-refractivity contribution in [2.24, 2.45) is 7.05 Å². The third-order valence-electron chi connectivity index (χ3n) is 5.04. The maximum atomic E-state index is 12.2. The molecule has 2 heterocycles. The van der Waals surface area contributed by atoms with Crippen molar-refractivity contribution in [2.75, 3.05) is 5.75 Å². The number of carbonyl (C=O) groups is 1.